The molecule has 0 fully saturated rings. The van der Waals surface area contributed by atoms with Gasteiger partial charge in [0.05, 0.1) is 5.75 Å². The Hall–Kier alpha value is -2.54. The topological polar surface area (TPSA) is 64.7 Å². The van der Waals surface area contributed by atoms with Crippen LogP contribution in [0.3, 0.4) is 0 Å². The van der Waals surface area contributed by atoms with Gasteiger partial charge in [-0.05, 0) is 42.2 Å². The molecule has 2 aromatic heterocycles. The molecule has 3 rings (SSSR count). The lowest BCUT2D eigenvalue weighted by Gasteiger charge is -2.10. The Kier molecular flexibility index (Phi) is 5.55. The van der Waals surface area contributed by atoms with E-state index in [4.69, 9.17) is 0 Å². The molecule has 3 aromatic rings. The van der Waals surface area contributed by atoms with E-state index in [2.05, 4.69) is 41.5 Å². The van der Waals surface area contributed by atoms with Crippen molar-refractivity contribution < 1.29 is 4.79 Å². The third-order valence-electron chi connectivity index (χ3n) is 4.05. The van der Waals surface area contributed by atoms with Crippen LogP contribution in [0.4, 0.5) is 5.69 Å². The molecule has 0 radical (unpaired) electrons. The van der Waals surface area contributed by atoms with Gasteiger partial charge in [-0.3, -0.25) is 9.47 Å². The van der Waals surface area contributed by atoms with Crippen molar-refractivity contribution in [1.82, 2.24) is 19.5 Å². The second-order valence-corrected chi connectivity index (χ2v) is 6.73. The van der Waals surface area contributed by atoms with Crippen molar-refractivity contribution in [1.29, 1.82) is 0 Å². The van der Waals surface area contributed by atoms with Crippen molar-refractivity contribution >= 4 is 23.4 Å². The van der Waals surface area contributed by atoms with E-state index in [1.165, 1.54) is 17.3 Å². The zero-order valence-electron chi connectivity index (χ0n) is 14.3. The summed E-state index contributed by atoms with van der Waals surface area (Å²) in [5.41, 5.74) is 2.10. The van der Waals surface area contributed by atoms with Gasteiger partial charge in [0.25, 0.3) is 0 Å². The number of benzene rings is 1. The van der Waals surface area contributed by atoms with E-state index in [1.54, 1.807) is 11.0 Å². The number of rotatable bonds is 7. The molecule has 1 amide bonds. The summed E-state index contributed by atoms with van der Waals surface area (Å²) in [6.45, 7) is 4.37. The average molecular weight is 355 g/mol. The molecule has 1 aromatic carbocycles. The Morgan fingerprint density at radius 3 is 2.64 bits per heavy atom. The molecule has 0 spiro atoms. The van der Waals surface area contributed by atoms with Gasteiger partial charge in [-0.15, -0.1) is 10.2 Å². The number of carbonyl (C=O) groups is 1. The Bertz CT molecular complexity index is 810. The number of hydrogen-bond acceptors (Lipinski definition) is 4. The van der Waals surface area contributed by atoms with Gasteiger partial charge >= 0.3 is 0 Å². The van der Waals surface area contributed by atoms with Crippen LogP contribution < -0.4 is 5.32 Å². The molecule has 0 saturated heterocycles. The van der Waals surface area contributed by atoms with Crippen molar-refractivity contribution in [2.24, 2.45) is 0 Å². The monoisotopic (exact) mass is 355 g/mol. The first kappa shape index (κ1) is 17.3. The summed E-state index contributed by atoms with van der Waals surface area (Å²) in [5, 5.41) is 11.6. The molecular formula is C18H21N5OS. The van der Waals surface area contributed by atoms with Gasteiger partial charge < -0.3 is 5.32 Å². The number of carbonyl (C=O) groups excluding carboxylic acids is 1. The van der Waals surface area contributed by atoms with Crippen LogP contribution in [-0.4, -0.2) is 31.2 Å². The normalized spacial score (nSPS) is 12.1. The minimum absolute atomic E-state index is 0.0663. The minimum Gasteiger partial charge on any atom is -0.325 e. The van der Waals surface area contributed by atoms with Gasteiger partial charge in [-0.25, -0.2) is 4.68 Å². The molecule has 1 N–H and O–H groups in total. The minimum atomic E-state index is -0.0663. The van der Waals surface area contributed by atoms with Gasteiger partial charge in [0.15, 0.2) is 0 Å². The maximum atomic E-state index is 12.2. The number of anilines is 1. The summed E-state index contributed by atoms with van der Waals surface area (Å²) in [6, 6.07) is 11.9. The Balaban J connectivity index is 1.56. The molecule has 0 saturated carbocycles. The summed E-state index contributed by atoms with van der Waals surface area (Å²) >= 11 is 1.35. The lowest BCUT2D eigenvalue weighted by Crippen LogP contribution is -2.15. The van der Waals surface area contributed by atoms with Gasteiger partial charge in [0, 0.05) is 18.1 Å². The predicted octanol–water partition coefficient (Wildman–Crippen LogP) is 3.64. The van der Waals surface area contributed by atoms with Crippen LogP contribution in [0.1, 0.15) is 31.7 Å². The molecule has 2 heterocycles. The summed E-state index contributed by atoms with van der Waals surface area (Å²) in [6.07, 6.45) is 6.51. The molecule has 1 atom stereocenters. The molecule has 0 aliphatic carbocycles. The van der Waals surface area contributed by atoms with E-state index >= 15 is 0 Å². The summed E-state index contributed by atoms with van der Waals surface area (Å²) in [7, 11) is 0. The highest BCUT2D eigenvalue weighted by molar-refractivity contribution is 7.99. The quantitative estimate of drug-likeness (QED) is 0.657. The van der Waals surface area contributed by atoms with Gasteiger partial charge in [-0.1, -0.05) is 37.7 Å². The molecule has 0 bridgehead atoms. The van der Waals surface area contributed by atoms with Gasteiger partial charge in [-0.2, -0.15) is 0 Å². The second kappa shape index (κ2) is 8.02. The summed E-state index contributed by atoms with van der Waals surface area (Å²) in [5.74, 6) is 0.733. The van der Waals surface area contributed by atoms with Gasteiger partial charge in [0.2, 0.25) is 11.1 Å². The lowest BCUT2D eigenvalue weighted by atomic mass is 9.99. The highest BCUT2D eigenvalue weighted by atomic mass is 32.2. The summed E-state index contributed by atoms with van der Waals surface area (Å²) < 4.78 is 3.65. The van der Waals surface area contributed by atoms with E-state index in [9.17, 15) is 4.79 Å². The molecule has 0 aliphatic rings. The van der Waals surface area contributed by atoms with E-state index in [0.717, 1.165) is 12.1 Å². The number of nitrogens with one attached hydrogen (secondary N) is 1. The highest BCUT2D eigenvalue weighted by Crippen LogP contribution is 2.21. The van der Waals surface area contributed by atoms with E-state index in [-0.39, 0.29) is 11.7 Å². The number of nitrogens with zero attached hydrogens (tertiary/aromatic N) is 4. The first-order valence-electron chi connectivity index (χ1n) is 8.23. The number of amides is 1. The third kappa shape index (κ3) is 4.30. The first-order chi connectivity index (χ1) is 12.2. The largest absolute Gasteiger partial charge is 0.325 e. The maximum absolute atomic E-state index is 12.2. The van der Waals surface area contributed by atoms with Crippen molar-refractivity contribution in [3.63, 3.8) is 0 Å². The Morgan fingerprint density at radius 2 is 1.96 bits per heavy atom. The molecule has 0 aliphatic heterocycles. The van der Waals surface area contributed by atoms with E-state index < -0.39 is 0 Å². The Labute approximate surface area is 151 Å². The third-order valence-corrected chi connectivity index (χ3v) is 4.98. The SMILES string of the molecule is CC[C@H](C)c1ccc(NC(=O)CSc2nncn2-n2cccc2)cc1. The molecule has 6 nitrogen and oxygen atoms in total. The number of aromatic nitrogens is 4. The van der Waals surface area contributed by atoms with Crippen LogP contribution >= 0.6 is 11.8 Å². The fourth-order valence-corrected chi connectivity index (χ4v) is 3.11. The predicted molar refractivity (Wildman–Crippen MR) is 99.8 cm³/mol. The lowest BCUT2D eigenvalue weighted by molar-refractivity contribution is -0.113. The van der Waals surface area contributed by atoms with Crippen molar-refractivity contribution in [2.75, 3.05) is 11.1 Å². The molecule has 7 heteroatoms. The number of thioether (sulfide) groups is 1. The highest BCUT2D eigenvalue weighted by Gasteiger charge is 2.10. The van der Waals surface area contributed by atoms with Crippen LogP contribution in [-0.2, 0) is 4.79 Å². The summed E-state index contributed by atoms with van der Waals surface area (Å²) in [4.78, 5) is 12.2. The van der Waals surface area contributed by atoms with E-state index in [1.807, 2.05) is 41.3 Å². The van der Waals surface area contributed by atoms with Gasteiger partial charge in [0.1, 0.15) is 6.33 Å². The zero-order chi connectivity index (χ0) is 17.6. The number of hydrogen-bond donors (Lipinski definition) is 1. The Morgan fingerprint density at radius 1 is 1.24 bits per heavy atom. The average Bonchev–Trinajstić information content (AvgIpc) is 3.31. The molecule has 130 valence electrons. The van der Waals surface area contributed by atoms with Crippen LogP contribution in [0.25, 0.3) is 0 Å². The van der Waals surface area contributed by atoms with Crippen LogP contribution in [0.2, 0.25) is 0 Å². The van der Waals surface area contributed by atoms with Crippen molar-refractivity contribution in [3.8, 4) is 0 Å². The fourth-order valence-electron chi connectivity index (χ4n) is 2.40. The van der Waals surface area contributed by atoms with E-state index in [0.29, 0.717) is 11.1 Å². The van der Waals surface area contributed by atoms with Crippen molar-refractivity contribution in [3.05, 3.63) is 60.7 Å². The van der Waals surface area contributed by atoms with Crippen LogP contribution in [0, 0.1) is 0 Å². The molecule has 25 heavy (non-hydrogen) atoms. The van der Waals surface area contributed by atoms with Crippen molar-refractivity contribution in [2.45, 2.75) is 31.3 Å². The molecule has 0 unspecified atom stereocenters. The van der Waals surface area contributed by atoms with Crippen LogP contribution in [0.5, 0.6) is 0 Å². The first-order valence-corrected chi connectivity index (χ1v) is 9.22. The standard InChI is InChI=1S/C18H21N5OS/c1-3-14(2)15-6-8-16(9-7-15)20-17(24)12-25-18-21-19-13-23(18)22-10-4-5-11-22/h4-11,13-14H,3,12H2,1-2H3,(H,20,24)/t14-/m0/s1. The van der Waals surface area contributed by atoms with Crippen LogP contribution in [0.15, 0.2) is 60.3 Å². The zero-order valence-corrected chi connectivity index (χ0v) is 15.1. The fraction of sp³-hybridized carbons (Fsp3) is 0.278. The second-order valence-electron chi connectivity index (χ2n) is 5.79. The molecular weight excluding hydrogens is 334 g/mol. The maximum Gasteiger partial charge on any atom is 0.234 e. The smallest absolute Gasteiger partial charge is 0.234 e.